The molecule has 0 fully saturated rings. The molecule has 0 aromatic heterocycles. The summed E-state index contributed by atoms with van der Waals surface area (Å²) < 4.78 is 0. The van der Waals surface area contributed by atoms with Crippen LogP contribution in [0.25, 0.3) is 11.1 Å². The van der Waals surface area contributed by atoms with E-state index in [9.17, 15) is 0 Å². The molecule has 0 aliphatic rings. The van der Waals surface area contributed by atoms with E-state index in [-0.39, 0.29) is 11.5 Å². The van der Waals surface area contributed by atoms with Gasteiger partial charge in [-0.15, -0.1) is 0 Å². The minimum absolute atomic E-state index is 0.171. The third kappa shape index (κ3) is 4.54. The van der Waals surface area contributed by atoms with E-state index < -0.39 is 0 Å². The van der Waals surface area contributed by atoms with Crippen molar-refractivity contribution in [1.82, 2.24) is 0 Å². The van der Waals surface area contributed by atoms with E-state index in [1.165, 1.54) is 16.7 Å². The molecule has 0 aliphatic carbocycles. The van der Waals surface area contributed by atoms with Gasteiger partial charge in [-0.2, -0.15) is 5.10 Å². The molecular formula is C21H27N3. The third-order valence-electron chi connectivity index (χ3n) is 3.90. The highest BCUT2D eigenvalue weighted by molar-refractivity contribution is 6.38. The van der Waals surface area contributed by atoms with Crippen molar-refractivity contribution >= 4 is 11.9 Å². The van der Waals surface area contributed by atoms with Crippen LogP contribution < -0.4 is 5.84 Å². The van der Waals surface area contributed by atoms with E-state index in [0.29, 0.717) is 5.71 Å². The standard InChI is InChI=1S/C21H27N3/c1-15(2)23-14-20(24-22)18-8-6-16(7-9-18)17-10-12-19(13-11-17)21(3,4)5/h6-15H,22H2,1-5H3/b23-14?,24-20+. The van der Waals surface area contributed by atoms with E-state index in [0.717, 1.165) is 5.56 Å². The Bertz CT molecular complexity index is 715. The Balaban J connectivity index is 2.23. The van der Waals surface area contributed by atoms with Crippen LogP contribution in [0, 0.1) is 0 Å². The summed E-state index contributed by atoms with van der Waals surface area (Å²) in [6.07, 6.45) is 1.73. The topological polar surface area (TPSA) is 50.7 Å². The number of nitrogens with zero attached hydrogens (tertiary/aromatic N) is 2. The predicted molar refractivity (Wildman–Crippen MR) is 105 cm³/mol. The van der Waals surface area contributed by atoms with Gasteiger partial charge in [0.15, 0.2) is 0 Å². The summed E-state index contributed by atoms with van der Waals surface area (Å²) in [6.45, 7) is 10.7. The van der Waals surface area contributed by atoms with Crippen LogP contribution in [-0.4, -0.2) is 18.0 Å². The third-order valence-corrected chi connectivity index (χ3v) is 3.90. The molecule has 0 aliphatic heterocycles. The van der Waals surface area contributed by atoms with Gasteiger partial charge in [0.25, 0.3) is 0 Å². The van der Waals surface area contributed by atoms with Crippen LogP contribution in [0.3, 0.4) is 0 Å². The van der Waals surface area contributed by atoms with Crippen molar-refractivity contribution in [3.05, 3.63) is 59.7 Å². The Morgan fingerprint density at radius 2 is 1.42 bits per heavy atom. The Morgan fingerprint density at radius 1 is 0.917 bits per heavy atom. The number of nitrogens with two attached hydrogens (primary N) is 1. The van der Waals surface area contributed by atoms with E-state index in [4.69, 9.17) is 5.84 Å². The maximum absolute atomic E-state index is 5.49. The molecule has 0 saturated heterocycles. The molecule has 0 unspecified atom stereocenters. The predicted octanol–water partition coefficient (Wildman–Crippen LogP) is 4.79. The van der Waals surface area contributed by atoms with Gasteiger partial charge in [0, 0.05) is 17.8 Å². The molecule has 0 amide bonds. The van der Waals surface area contributed by atoms with Gasteiger partial charge in [0.1, 0.15) is 5.71 Å². The number of rotatable bonds is 4. The first-order chi connectivity index (χ1) is 11.3. The molecule has 0 heterocycles. The SMILES string of the molecule is CC(C)N=C/C(=N\N)c1ccc(-c2ccc(C(C)(C)C)cc2)cc1. The summed E-state index contributed by atoms with van der Waals surface area (Å²) in [5.41, 5.74) is 5.55. The first-order valence-corrected chi connectivity index (χ1v) is 8.33. The molecule has 2 N–H and O–H groups in total. The fraction of sp³-hybridized carbons (Fsp3) is 0.333. The lowest BCUT2D eigenvalue weighted by atomic mass is 9.86. The molecule has 0 atom stereocenters. The summed E-state index contributed by atoms with van der Waals surface area (Å²) in [4.78, 5) is 4.35. The van der Waals surface area contributed by atoms with E-state index in [1.807, 2.05) is 26.0 Å². The zero-order valence-corrected chi connectivity index (χ0v) is 15.2. The first kappa shape index (κ1) is 17.9. The van der Waals surface area contributed by atoms with Crippen LogP contribution in [0.5, 0.6) is 0 Å². The van der Waals surface area contributed by atoms with Gasteiger partial charge in [-0.05, 0) is 36.0 Å². The van der Waals surface area contributed by atoms with Crippen LogP contribution in [0.2, 0.25) is 0 Å². The second-order valence-electron chi connectivity index (χ2n) is 7.29. The van der Waals surface area contributed by atoms with E-state index in [2.05, 4.69) is 67.3 Å². The lowest BCUT2D eigenvalue weighted by Crippen LogP contribution is -2.10. The van der Waals surface area contributed by atoms with Gasteiger partial charge < -0.3 is 5.84 Å². The quantitative estimate of drug-likeness (QED) is 0.491. The molecule has 3 heteroatoms. The first-order valence-electron chi connectivity index (χ1n) is 8.33. The van der Waals surface area contributed by atoms with Crippen molar-refractivity contribution in [2.24, 2.45) is 15.9 Å². The molecule has 126 valence electrons. The fourth-order valence-electron chi connectivity index (χ4n) is 2.40. The Morgan fingerprint density at radius 3 is 1.83 bits per heavy atom. The average Bonchev–Trinajstić information content (AvgIpc) is 2.55. The van der Waals surface area contributed by atoms with Crippen LogP contribution in [0.4, 0.5) is 0 Å². The molecule has 2 aromatic carbocycles. The highest BCUT2D eigenvalue weighted by Crippen LogP contribution is 2.26. The summed E-state index contributed by atoms with van der Waals surface area (Å²) in [6, 6.07) is 17.2. The molecule has 24 heavy (non-hydrogen) atoms. The fourth-order valence-corrected chi connectivity index (χ4v) is 2.40. The van der Waals surface area contributed by atoms with Gasteiger partial charge in [0.05, 0.1) is 0 Å². The molecule has 0 saturated carbocycles. The number of aliphatic imine (C=N–C) groups is 1. The molecule has 2 rings (SSSR count). The summed E-state index contributed by atoms with van der Waals surface area (Å²) in [5.74, 6) is 5.49. The van der Waals surface area contributed by atoms with Gasteiger partial charge in [0.2, 0.25) is 0 Å². The number of hydrazone groups is 1. The van der Waals surface area contributed by atoms with Crippen molar-refractivity contribution < 1.29 is 0 Å². The second-order valence-corrected chi connectivity index (χ2v) is 7.29. The molecule has 3 nitrogen and oxygen atoms in total. The van der Waals surface area contributed by atoms with Crippen molar-refractivity contribution in [1.29, 1.82) is 0 Å². The minimum Gasteiger partial charge on any atom is -0.323 e. The van der Waals surface area contributed by atoms with Crippen molar-refractivity contribution in [3.63, 3.8) is 0 Å². The van der Waals surface area contributed by atoms with E-state index >= 15 is 0 Å². The highest BCUT2D eigenvalue weighted by Gasteiger charge is 2.13. The van der Waals surface area contributed by atoms with Gasteiger partial charge >= 0.3 is 0 Å². The summed E-state index contributed by atoms with van der Waals surface area (Å²) in [5, 5.41) is 3.84. The molecule has 2 aromatic rings. The zero-order chi connectivity index (χ0) is 17.7. The maximum atomic E-state index is 5.49. The smallest absolute Gasteiger partial charge is 0.108 e. The Kier molecular flexibility index (Phi) is 5.55. The maximum Gasteiger partial charge on any atom is 0.108 e. The number of hydrogen-bond acceptors (Lipinski definition) is 3. The van der Waals surface area contributed by atoms with Crippen LogP contribution in [0.15, 0.2) is 58.6 Å². The van der Waals surface area contributed by atoms with Crippen molar-refractivity contribution in [3.8, 4) is 11.1 Å². The Labute approximate surface area is 145 Å². The highest BCUT2D eigenvalue weighted by atomic mass is 15.1. The molecule has 0 spiro atoms. The van der Waals surface area contributed by atoms with Crippen LogP contribution >= 0.6 is 0 Å². The monoisotopic (exact) mass is 321 g/mol. The Hall–Kier alpha value is -2.42. The van der Waals surface area contributed by atoms with Crippen molar-refractivity contribution in [2.45, 2.75) is 46.1 Å². The number of benzene rings is 2. The van der Waals surface area contributed by atoms with Gasteiger partial charge in [-0.1, -0.05) is 69.3 Å². The summed E-state index contributed by atoms with van der Waals surface area (Å²) in [7, 11) is 0. The van der Waals surface area contributed by atoms with Crippen LogP contribution in [0.1, 0.15) is 45.7 Å². The second kappa shape index (κ2) is 7.43. The van der Waals surface area contributed by atoms with E-state index in [1.54, 1.807) is 6.21 Å². The molecule has 0 bridgehead atoms. The van der Waals surface area contributed by atoms with Crippen molar-refractivity contribution in [2.75, 3.05) is 0 Å². The molecular weight excluding hydrogens is 294 g/mol. The van der Waals surface area contributed by atoms with Gasteiger partial charge in [-0.3, -0.25) is 4.99 Å². The zero-order valence-electron chi connectivity index (χ0n) is 15.2. The largest absolute Gasteiger partial charge is 0.323 e. The minimum atomic E-state index is 0.171. The number of hydrogen-bond donors (Lipinski definition) is 1. The summed E-state index contributed by atoms with van der Waals surface area (Å²) >= 11 is 0. The lowest BCUT2D eigenvalue weighted by molar-refractivity contribution is 0.590. The van der Waals surface area contributed by atoms with Crippen LogP contribution in [-0.2, 0) is 5.41 Å². The normalized spacial score (nSPS) is 13.0. The molecule has 0 radical (unpaired) electrons. The van der Waals surface area contributed by atoms with Gasteiger partial charge in [-0.25, -0.2) is 0 Å². The lowest BCUT2D eigenvalue weighted by Gasteiger charge is -2.19. The average molecular weight is 321 g/mol.